The summed E-state index contributed by atoms with van der Waals surface area (Å²) in [6.07, 6.45) is 1.54. The molecule has 0 radical (unpaired) electrons. The van der Waals surface area contributed by atoms with Gasteiger partial charge in [-0.25, -0.2) is 13.2 Å². The molecule has 1 aromatic carbocycles. The number of nitrogens with one attached hydrogen (secondary N) is 2. The number of ether oxygens (including phenoxy) is 1. The molecular formula is C17H21N3O5S. The van der Waals surface area contributed by atoms with Gasteiger partial charge in [-0.2, -0.15) is 4.31 Å². The van der Waals surface area contributed by atoms with Crippen LogP contribution < -0.4 is 10.6 Å². The zero-order chi connectivity index (χ0) is 18.4. The molecule has 3 rings (SSSR count). The molecule has 8 nitrogen and oxygen atoms in total. The van der Waals surface area contributed by atoms with Crippen LogP contribution in [0.2, 0.25) is 0 Å². The normalized spacial score (nSPS) is 15.5. The Balaban J connectivity index is 1.51. The Kier molecular flexibility index (Phi) is 5.92. The minimum Gasteiger partial charge on any atom is -0.467 e. The quantitative estimate of drug-likeness (QED) is 0.788. The van der Waals surface area contributed by atoms with E-state index in [1.165, 1.54) is 4.31 Å². The Labute approximate surface area is 152 Å². The van der Waals surface area contributed by atoms with Gasteiger partial charge < -0.3 is 19.8 Å². The lowest BCUT2D eigenvalue weighted by Gasteiger charge is -2.26. The molecule has 2 heterocycles. The number of nitrogens with zero attached hydrogens (tertiary/aromatic N) is 1. The number of carbonyl (C=O) groups is 1. The fraction of sp³-hybridized carbons (Fsp3) is 0.353. The lowest BCUT2D eigenvalue weighted by molar-refractivity contribution is 0.0730. The molecule has 0 atom stereocenters. The van der Waals surface area contributed by atoms with Gasteiger partial charge in [0.15, 0.2) is 0 Å². The van der Waals surface area contributed by atoms with Crippen LogP contribution in [0.3, 0.4) is 0 Å². The first-order valence-electron chi connectivity index (χ1n) is 8.26. The first-order chi connectivity index (χ1) is 12.6. The second-order valence-corrected chi connectivity index (χ2v) is 7.71. The number of morpholine rings is 1. The zero-order valence-corrected chi connectivity index (χ0v) is 15.0. The van der Waals surface area contributed by atoms with Gasteiger partial charge in [-0.1, -0.05) is 12.1 Å². The van der Waals surface area contributed by atoms with Gasteiger partial charge >= 0.3 is 6.03 Å². The molecule has 26 heavy (non-hydrogen) atoms. The summed E-state index contributed by atoms with van der Waals surface area (Å²) in [7, 11) is -3.50. The van der Waals surface area contributed by atoms with Gasteiger partial charge in [-0.3, -0.25) is 0 Å². The highest BCUT2D eigenvalue weighted by Gasteiger charge is 2.26. The van der Waals surface area contributed by atoms with Crippen LogP contribution in [0.15, 0.2) is 52.0 Å². The lowest BCUT2D eigenvalue weighted by Crippen LogP contribution is -2.40. The van der Waals surface area contributed by atoms with Gasteiger partial charge in [0.2, 0.25) is 10.0 Å². The summed E-state index contributed by atoms with van der Waals surface area (Å²) < 4.78 is 36.8. The highest BCUT2D eigenvalue weighted by atomic mass is 32.2. The summed E-state index contributed by atoms with van der Waals surface area (Å²) in [6.45, 7) is 2.14. The molecule has 2 N–H and O–H groups in total. The molecule has 0 unspecified atom stereocenters. The van der Waals surface area contributed by atoms with Crippen LogP contribution in [-0.4, -0.2) is 45.1 Å². The second-order valence-electron chi connectivity index (χ2n) is 5.78. The number of rotatable bonds is 6. The number of carbonyl (C=O) groups excluding carboxylic acids is 1. The maximum Gasteiger partial charge on any atom is 0.315 e. The molecule has 2 aromatic rings. The monoisotopic (exact) mass is 379 g/mol. The molecule has 1 fully saturated rings. The van der Waals surface area contributed by atoms with Crippen LogP contribution in [0.5, 0.6) is 0 Å². The van der Waals surface area contributed by atoms with E-state index >= 15 is 0 Å². The third-order valence-corrected chi connectivity index (χ3v) is 5.90. The topological polar surface area (TPSA) is 101 Å². The van der Waals surface area contributed by atoms with Crippen molar-refractivity contribution in [1.82, 2.24) is 14.9 Å². The van der Waals surface area contributed by atoms with Crippen LogP contribution in [-0.2, 0) is 27.8 Å². The maximum absolute atomic E-state index is 12.5. The van der Waals surface area contributed by atoms with Crippen molar-refractivity contribution in [1.29, 1.82) is 0 Å². The third-order valence-electron chi connectivity index (χ3n) is 3.99. The van der Waals surface area contributed by atoms with Crippen molar-refractivity contribution < 1.29 is 22.4 Å². The molecule has 0 spiro atoms. The van der Waals surface area contributed by atoms with E-state index in [-0.39, 0.29) is 10.9 Å². The van der Waals surface area contributed by atoms with Gasteiger partial charge in [-0.15, -0.1) is 0 Å². The lowest BCUT2D eigenvalue weighted by atomic mass is 10.2. The Morgan fingerprint density at radius 2 is 1.73 bits per heavy atom. The van der Waals surface area contributed by atoms with E-state index in [4.69, 9.17) is 9.15 Å². The largest absolute Gasteiger partial charge is 0.467 e. The summed E-state index contributed by atoms with van der Waals surface area (Å²) >= 11 is 0. The summed E-state index contributed by atoms with van der Waals surface area (Å²) in [5.41, 5.74) is 0.805. The Morgan fingerprint density at radius 3 is 2.38 bits per heavy atom. The highest BCUT2D eigenvalue weighted by molar-refractivity contribution is 7.89. The van der Waals surface area contributed by atoms with Gasteiger partial charge in [0, 0.05) is 19.6 Å². The van der Waals surface area contributed by atoms with E-state index in [1.54, 1.807) is 42.7 Å². The van der Waals surface area contributed by atoms with Gasteiger partial charge in [0.05, 0.1) is 30.9 Å². The van der Waals surface area contributed by atoms with Crippen LogP contribution in [0, 0.1) is 0 Å². The number of hydrogen-bond acceptors (Lipinski definition) is 5. The summed E-state index contributed by atoms with van der Waals surface area (Å²) in [5, 5.41) is 5.39. The predicted molar refractivity (Wildman–Crippen MR) is 93.8 cm³/mol. The molecule has 1 aliphatic rings. The van der Waals surface area contributed by atoms with Crippen molar-refractivity contribution in [3.8, 4) is 0 Å². The number of urea groups is 1. The van der Waals surface area contributed by atoms with Crippen LogP contribution in [0.4, 0.5) is 4.79 Å². The molecule has 1 aliphatic heterocycles. The van der Waals surface area contributed by atoms with E-state index in [9.17, 15) is 13.2 Å². The van der Waals surface area contributed by atoms with Crippen molar-refractivity contribution in [2.45, 2.75) is 18.0 Å². The smallest absolute Gasteiger partial charge is 0.315 e. The first-order valence-corrected chi connectivity index (χ1v) is 9.70. The molecule has 0 bridgehead atoms. The highest BCUT2D eigenvalue weighted by Crippen LogP contribution is 2.17. The summed E-state index contributed by atoms with van der Waals surface area (Å²) in [4.78, 5) is 12.0. The minimum atomic E-state index is -3.50. The Morgan fingerprint density at radius 1 is 1.04 bits per heavy atom. The predicted octanol–water partition coefficient (Wildman–Crippen LogP) is 1.30. The standard InChI is InChI=1S/C17H21N3O5S/c21-17(19-13-15-2-1-9-25-15)18-12-14-3-5-16(6-4-14)26(22,23)20-7-10-24-11-8-20/h1-6,9H,7-8,10-13H2,(H2,18,19,21). The zero-order valence-electron chi connectivity index (χ0n) is 14.2. The van der Waals surface area contributed by atoms with E-state index in [2.05, 4.69) is 10.6 Å². The molecule has 1 aromatic heterocycles. The van der Waals surface area contributed by atoms with E-state index in [0.29, 0.717) is 45.2 Å². The van der Waals surface area contributed by atoms with Crippen molar-refractivity contribution in [2.75, 3.05) is 26.3 Å². The molecule has 1 saturated heterocycles. The molecule has 2 amide bonds. The average molecular weight is 379 g/mol. The van der Waals surface area contributed by atoms with Crippen LogP contribution >= 0.6 is 0 Å². The summed E-state index contributed by atoms with van der Waals surface area (Å²) in [6, 6.07) is 9.70. The average Bonchev–Trinajstić information content (AvgIpc) is 3.19. The van der Waals surface area contributed by atoms with Gasteiger partial charge in [-0.05, 0) is 29.8 Å². The number of benzene rings is 1. The van der Waals surface area contributed by atoms with E-state index in [0.717, 1.165) is 5.56 Å². The summed E-state index contributed by atoms with van der Waals surface area (Å²) in [5.74, 6) is 0.665. The molecule has 140 valence electrons. The van der Waals surface area contributed by atoms with Crippen LogP contribution in [0.1, 0.15) is 11.3 Å². The molecule has 0 saturated carbocycles. The third kappa shape index (κ3) is 4.63. The van der Waals surface area contributed by atoms with Crippen molar-refractivity contribution in [2.24, 2.45) is 0 Å². The fourth-order valence-corrected chi connectivity index (χ4v) is 3.95. The SMILES string of the molecule is O=C(NCc1ccc(S(=O)(=O)N2CCOCC2)cc1)NCc1ccco1. The van der Waals surface area contributed by atoms with Crippen molar-refractivity contribution >= 4 is 16.1 Å². The Bertz CT molecular complexity index is 813. The molecule has 0 aliphatic carbocycles. The van der Waals surface area contributed by atoms with Gasteiger partial charge in [0.25, 0.3) is 0 Å². The molecule has 9 heteroatoms. The molecular weight excluding hydrogens is 358 g/mol. The first kappa shape index (κ1) is 18.4. The van der Waals surface area contributed by atoms with Crippen molar-refractivity contribution in [3.63, 3.8) is 0 Å². The van der Waals surface area contributed by atoms with E-state index < -0.39 is 10.0 Å². The number of amides is 2. The second kappa shape index (κ2) is 8.35. The Hall–Kier alpha value is -2.36. The fourth-order valence-electron chi connectivity index (χ4n) is 2.54. The number of sulfonamides is 1. The van der Waals surface area contributed by atoms with E-state index in [1.807, 2.05) is 0 Å². The minimum absolute atomic E-state index is 0.241. The number of furan rings is 1. The van der Waals surface area contributed by atoms with Crippen LogP contribution in [0.25, 0.3) is 0 Å². The van der Waals surface area contributed by atoms with Crippen molar-refractivity contribution in [3.05, 3.63) is 54.0 Å². The maximum atomic E-state index is 12.5. The van der Waals surface area contributed by atoms with Gasteiger partial charge in [0.1, 0.15) is 5.76 Å². The number of hydrogen-bond donors (Lipinski definition) is 2.